The molecule has 0 spiro atoms. The van der Waals surface area contributed by atoms with Gasteiger partial charge in [-0.1, -0.05) is 6.08 Å². The first kappa shape index (κ1) is 7.01. The molecule has 0 saturated carbocycles. The van der Waals surface area contributed by atoms with Crippen LogP contribution in [0.1, 0.15) is 6.42 Å². The summed E-state index contributed by atoms with van der Waals surface area (Å²) in [6.45, 7) is 3.59. The van der Waals surface area contributed by atoms with Gasteiger partial charge in [0, 0.05) is 0 Å². The maximum absolute atomic E-state index is 9.62. The van der Waals surface area contributed by atoms with Crippen molar-refractivity contribution in [2.45, 2.75) is 6.42 Å². The second kappa shape index (κ2) is 4.18. The minimum atomic E-state index is -1.23. The van der Waals surface area contributed by atoms with Crippen LogP contribution in [-0.2, 0) is 4.74 Å². The monoisotopic (exact) mass is 116 g/mol. The molecule has 0 aliphatic heterocycles. The number of carboxylic acid groups (broad SMARTS) is 1. The van der Waals surface area contributed by atoms with E-state index >= 15 is 0 Å². The fourth-order valence-electron chi connectivity index (χ4n) is 0.230. The number of hydrogen-bond acceptors (Lipinski definition) is 2. The van der Waals surface area contributed by atoms with E-state index in [-0.39, 0.29) is 6.61 Å². The van der Waals surface area contributed by atoms with E-state index in [0.717, 1.165) is 0 Å². The van der Waals surface area contributed by atoms with Crippen molar-refractivity contribution in [2.75, 3.05) is 6.61 Å². The van der Waals surface area contributed by atoms with E-state index in [4.69, 9.17) is 5.11 Å². The third-order valence-electron chi connectivity index (χ3n) is 0.548. The van der Waals surface area contributed by atoms with E-state index < -0.39 is 6.16 Å². The van der Waals surface area contributed by atoms with Gasteiger partial charge >= 0.3 is 6.16 Å². The van der Waals surface area contributed by atoms with E-state index in [0.29, 0.717) is 6.42 Å². The summed E-state index contributed by atoms with van der Waals surface area (Å²) >= 11 is 0. The summed E-state index contributed by atoms with van der Waals surface area (Å²) in [7, 11) is 0. The normalized spacial score (nSPS) is 8.00. The van der Waals surface area contributed by atoms with Gasteiger partial charge in [0.05, 0.1) is 6.61 Å². The molecule has 46 valence electrons. The molecule has 0 aromatic heterocycles. The fourth-order valence-corrected chi connectivity index (χ4v) is 0.230. The Morgan fingerprint density at radius 1 is 1.88 bits per heavy atom. The molecule has 0 radical (unpaired) electrons. The van der Waals surface area contributed by atoms with Gasteiger partial charge in [-0.3, -0.25) is 0 Å². The lowest BCUT2D eigenvalue weighted by atomic mass is 10.5. The summed E-state index contributed by atoms with van der Waals surface area (Å²) in [5.74, 6) is 0. The smallest absolute Gasteiger partial charge is 0.450 e. The molecule has 0 bridgehead atoms. The fraction of sp³-hybridized carbons (Fsp3) is 0.400. The molecule has 0 fully saturated rings. The highest BCUT2D eigenvalue weighted by Crippen LogP contribution is 1.81. The van der Waals surface area contributed by atoms with Crippen LogP contribution in [0.2, 0.25) is 0 Å². The molecule has 0 amide bonds. The molecular weight excluding hydrogens is 108 g/mol. The van der Waals surface area contributed by atoms with Crippen LogP contribution < -0.4 is 0 Å². The second-order valence-corrected chi connectivity index (χ2v) is 1.19. The Balaban J connectivity index is 2.93. The quantitative estimate of drug-likeness (QED) is 0.343. The van der Waals surface area contributed by atoms with Crippen molar-refractivity contribution in [1.29, 1.82) is 0 Å². The number of hydrogen-bond donors (Lipinski definition) is 1. The van der Waals surface area contributed by atoms with Gasteiger partial charge in [0.2, 0.25) is 0 Å². The summed E-state index contributed by atoms with van der Waals surface area (Å²) in [6, 6.07) is 0. The first-order valence-electron chi connectivity index (χ1n) is 2.24. The van der Waals surface area contributed by atoms with Crippen molar-refractivity contribution in [2.24, 2.45) is 0 Å². The maximum Gasteiger partial charge on any atom is 0.505 e. The van der Waals surface area contributed by atoms with Crippen LogP contribution in [0.5, 0.6) is 0 Å². The highest BCUT2D eigenvalue weighted by Gasteiger charge is 1.90. The maximum atomic E-state index is 9.62. The molecular formula is C5H8O3. The Bertz CT molecular complexity index is 87.7. The van der Waals surface area contributed by atoms with Gasteiger partial charge in [-0.25, -0.2) is 4.79 Å². The molecule has 0 heterocycles. The molecule has 0 saturated heterocycles. The van der Waals surface area contributed by atoms with E-state index in [9.17, 15) is 4.79 Å². The molecule has 0 aromatic carbocycles. The number of carbonyl (C=O) groups is 1. The van der Waals surface area contributed by atoms with E-state index in [1.165, 1.54) is 0 Å². The highest BCUT2D eigenvalue weighted by atomic mass is 16.7. The lowest BCUT2D eigenvalue weighted by Crippen LogP contribution is -1.99. The van der Waals surface area contributed by atoms with Gasteiger partial charge in [-0.15, -0.1) is 6.58 Å². The SMILES string of the molecule is C=CCCOC(=O)O. The van der Waals surface area contributed by atoms with Gasteiger partial charge in [0.15, 0.2) is 0 Å². The Morgan fingerprint density at radius 2 is 2.50 bits per heavy atom. The molecule has 0 aliphatic carbocycles. The first-order chi connectivity index (χ1) is 3.77. The van der Waals surface area contributed by atoms with Crippen molar-refractivity contribution in [1.82, 2.24) is 0 Å². The van der Waals surface area contributed by atoms with Gasteiger partial charge in [-0.05, 0) is 6.42 Å². The molecule has 0 rings (SSSR count). The Hall–Kier alpha value is -0.990. The van der Waals surface area contributed by atoms with Crippen LogP contribution in [0.3, 0.4) is 0 Å². The van der Waals surface area contributed by atoms with E-state index in [1.54, 1.807) is 6.08 Å². The average molecular weight is 116 g/mol. The van der Waals surface area contributed by atoms with Crippen LogP contribution >= 0.6 is 0 Å². The third-order valence-corrected chi connectivity index (χ3v) is 0.548. The third kappa shape index (κ3) is 5.01. The first-order valence-corrected chi connectivity index (χ1v) is 2.24. The molecule has 0 aromatic rings. The van der Waals surface area contributed by atoms with Crippen LogP contribution in [0, 0.1) is 0 Å². The minimum Gasteiger partial charge on any atom is -0.450 e. The molecule has 3 heteroatoms. The molecule has 0 aliphatic rings. The largest absolute Gasteiger partial charge is 0.505 e. The lowest BCUT2D eigenvalue weighted by molar-refractivity contribution is 0.0933. The Morgan fingerprint density at radius 3 is 2.88 bits per heavy atom. The topological polar surface area (TPSA) is 46.5 Å². The summed E-state index contributed by atoms with van der Waals surface area (Å²) in [5.41, 5.74) is 0. The Kier molecular flexibility index (Phi) is 3.66. The van der Waals surface area contributed by atoms with Crippen molar-refractivity contribution < 1.29 is 14.6 Å². The predicted octanol–water partition coefficient (Wildman–Crippen LogP) is 1.26. The van der Waals surface area contributed by atoms with Crippen molar-refractivity contribution in [3.05, 3.63) is 12.7 Å². The van der Waals surface area contributed by atoms with E-state index in [1.807, 2.05) is 0 Å². The number of ether oxygens (including phenoxy) is 1. The molecule has 0 unspecified atom stereocenters. The lowest BCUT2D eigenvalue weighted by Gasteiger charge is -1.92. The number of rotatable bonds is 3. The van der Waals surface area contributed by atoms with Crippen molar-refractivity contribution in [3.63, 3.8) is 0 Å². The molecule has 0 atom stereocenters. The molecule has 3 nitrogen and oxygen atoms in total. The summed E-state index contributed by atoms with van der Waals surface area (Å²) in [4.78, 5) is 9.62. The van der Waals surface area contributed by atoms with Gasteiger partial charge < -0.3 is 9.84 Å². The zero-order valence-electron chi connectivity index (χ0n) is 4.46. The van der Waals surface area contributed by atoms with E-state index in [2.05, 4.69) is 11.3 Å². The Labute approximate surface area is 47.6 Å². The predicted molar refractivity (Wildman–Crippen MR) is 28.8 cm³/mol. The van der Waals surface area contributed by atoms with Gasteiger partial charge in [0.25, 0.3) is 0 Å². The highest BCUT2D eigenvalue weighted by molar-refractivity contribution is 5.56. The average Bonchev–Trinajstić information content (AvgIpc) is 1.66. The zero-order valence-corrected chi connectivity index (χ0v) is 4.46. The second-order valence-electron chi connectivity index (χ2n) is 1.19. The molecule has 8 heavy (non-hydrogen) atoms. The summed E-state index contributed by atoms with van der Waals surface area (Å²) < 4.78 is 4.13. The zero-order chi connectivity index (χ0) is 6.41. The van der Waals surface area contributed by atoms with Gasteiger partial charge in [-0.2, -0.15) is 0 Å². The summed E-state index contributed by atoms with van der Waals surface area (Å²) in [6.07, 6.45) is 0.946. The van der Waals surface area contributed by atoms with Gasteiger partial charge in [0.1, 0.15) is 0 Å². The minimum absolute atomic E-state index is 0.207. The van der Waals surface area contributed by atoms with Crippen LogP contribution in [0.15, 0.2) is 12.7 Å². The van der Waals surface area contributed by atoms with Crippen LogP contribution in [-0.4, -0.2) is 17.9 Å². The standard InChI is InChI=1S/C5H8O3/c1-2-3-4-8-5(6)7/h2H,1,3-4H2,(H,6,7). The summed E-state index contributed by atoms with van der Waals surface area (Å²) in [5, 5.41) is 7.88. The van der Waals surface area contributed by atoms with Crippen LogP contribution in [0.25, 0.3) is 0 Å². The molecule has 1 N–H and O–H groups in total. The van der Waals surface area contributed by atoms with Crippen molar-refractivity contribution in [3.8, 4) is 0 Å². The van der Waals surface area contributed by atoms with Crippen molar-refractivity contribution >= 4 is 6.16 Å². The van der Waals surface area contributed by atoms with Crippen LogP contribution in [0.4, 0.5) is 4.79 Å².